The Kier molecular flexibility index (Phi) is 3.39. The summed E-state index contributed by atoms with van der Waals surface area (Å²) >= 11 is 0. The molecule has 1 N–H and O–H groups in total. The van der Waals surface area contributed by atoms with Crippen LogP contribution >= 0.6 is 0 Å². The van der Waals surface area contributed by atoms with Gasteiger partial charge < -0.3 is 9.84 Å². The average Bonchev–Trinajstić information content (AvgIpc) is 2.01. The van der Waals surface area contributed by atoms with Crippen molar-refractivity contribution in [2.24, 2.45) is 0 Å². The first kappa shape index (κ1) is 10.9. The molecule has 0 saturated carbocycles. The predicted molar refractivity (Wildman–Crippen MR) is 58.0 cm³/mol. The zero-order valence-electron chi connectivity index (χ0n) is 9.24. The molecular weight excluding hydrogens is 176 g/mol. The molecule has 0 unspecified atom stereocenters. The Bertz CT molecular complexity index is 303. The quantitative estimate of drug-likeness (QED) is 0.800. The summed E-state index contributed by atoms with van der Waals surface area (Å²) in [4.78, 5) is 0. The summed E-state index contributed by atoms with van der Waals surface area (Å²) in [5.74, 6) is 1.45. The normalized spacial score (nSPS) is 11.0. The predicted octanol–water partition coefficient (Wildman–Crippen LogP) is 3.30. The molecule has 2 heteroatoms. The largest absolute Gasteiger partial charge is 0.508 e. The van der Waals surface area contributed by atoms with E-state index in [0.29, 0.717) is 5.92 Å². The summed E-state index contributed by atoms with van der Waals surface area (Å²) in [7, 11) is 0. The van der Waals surface area contributed by atoms with Gasteiger partial charge in [0, 0.05) is 6.07 Å². The third-order valence-electron chi connectivity index (χ3n) is 1.98. The molecule has 0 aliphatic heterocycles. The number of rotatable bonds is 3. The van der Waals surface area contributed by atoms with Crippen molar-refractivity contribution in [1.82, 2.24) is 0 Å². The summed E-state index contributed by atoms with van der Waals surface area (Å²) in [6.45, 7) is 8.18. The number of hydrogen-bond acceptors (Lipinski definition) is 2. The van der Waals surface area contributed by atoms with Gasteiger partial charge in [-0.15, -0.1) is 0 Å². The highest BCUT2D eigenvalue weighted by Crippen LogP contribution is 2.30. The van der Waals surface area contributed by atoms with Gasteiger partial charge in [0.2, 0.25) is 0 Å². The maximum atomic E-state index is 9.35. The molecular formula is C12H18O2. The molecule has 0 radical (unpaired) electrons. The minimum atomic E-state index is 0.134. The Morgan fingerprint density at radius 1 is 1.14 bits per heavy atom. The Morgan fingerprint density at radius 3 is 2.29 bits per heavy atom. The fourth-order valence-corrected chi connectivity index (χ4v) is 1.36. The number of ether oxygens (including phenoxy) is 1. The molecule has 1 rings (SSSR count). The molecule has 1 aromatic carbocycles. The second-order valence-electron chi connectivity index (χ2n) is 4.04. The van der Waals surface area contributed by atoms with E-state index in [9.17, 15) is 5.11 Å². The Labute approximate surface area is 85.5 Å². The summed E-state index contributed by atoms with van der Waals surface area (Å²) < 4.78 is 5.63. The molecule has 1 aromatic rings. The third-order valence-corrected chi connectivity index (χ3v) is 1.98. The zero-order valence-corrected chi connectivity index (χ0v) is 9.24. The fraction of sp³-hybridized carbons (Fsp3) is 0.500. The number of phenolic OH excluding ortho intramolecular Hbond substituents is 1. The van der Waals surface area contributed by atoms with Crippen molar-refractivity contribution >= 4 is 0 Å². The van der Waals surface area contributed by atoms with Gasteiger partial charge in [0.1, 0.15) is 11.5 Å². The lowest BCUT2D eigenvalue weighted by Crippen LogP contribution is -2.07. The van der Waals surface area contributed by atoms with Gasteiger partial charge in [0.15, 0.2) is 0 Å². The van der Waals surface area contributed by atoms with Crippen LogP contribution < -0.4 is 4.74 Å². The van der Waals surface area contributed by atoms with E-state index in [1.165, 1.54) is 0 Å². The average molecular weight is 194 g/mol. The summed E-state index contributed by atoms with van der Waals surface area (Å²) in [5, 5.41) is 9.35. The molecule has 78 valence electrons. The van der Waals surface area contributed by atoms with Crippen molar-refractivity contribution in [3.8, 4) is 11.5 Å². The summed E-state index contributed by atoms with van der Waals surface area (Å²) in [5.41, 5.74) is 1.14. The maximum absolute atomic E-state index is 9.35. The Balaban J connectivity index is 3.03. The highest BCUT2D eigenvalue weighted by molar-refractivity contribution is 5.41. The van der Waals surface area contributed by atoms with Gasteiger partial charge in [-0.1, -0.05) is 19.9 Å². The lowest BCUT2D eigenvalue weighted by molar-refractivity contribution is 0.238. The van der Waals surface area contributed by atoms with Gasteiger partial charge in [0.25, 0.3) is 0 Å². The van der Waals surface area contributed by atoms with Crippen LogP contribution in [-0.4, -0.2) is 11.2 Å². The van der Waals surface area contributed by atoms with Crippen LogP contribution in [0, 0.1) is 0 Å². The van der Waals surface area contributed by atoms with Gasteiger partial charge in [-0.25, -0.2) is 0 Å². The SMILES string of the molecule is CC(C)Oc1cc(O)ccc1C(C)C. The lowest BCUT2D eigenvalue weighted by atomic mass is 10.0. The highest BCUT2D eigenvalue weighted by Gasteiger charge is 2.09. The number of hydrogen-bond donors (Lipinski definition) is 1. The molecule has 0 amide bonds. The molecule has 0 heterocycles. The standard InChI is InChI=1S/C12H18O2/c1-8(2)11-6-5-10(13)7-12(11)14-9(3)4/h5-9,13H,1-4H3. The Hall–Kier alpha value is -1.18. The van der Waals surface area contributed by atoms with Crippen LogP contribution in [-0.2, 0) is 0 Å². The molecule has 0 saturated heterocycles. The third kappa shape index (κ3) is 2.66. The molecule has 0 atom stereocenters. The molecule has 0 aromatic heterocycles. The monoisotopic (exact) mass is 194 g/mol. The fourth-order valence-electron chi connectivity index (χ4n) is 1.36. The van der Waals surface area contributed by atoms with Crippen LogP contribution in [0.3, 0.4) is 0 Å². The van der Waals surface area contributed by atoms with Crippen molar-refractivity contribution in [3.05, 3.63) is 23.8 Å². The topological polar surface area (TPSA) is 29.5 Å². The first-order chi connectivity index (χ1) is 6.50. The second kappa shape index (κ2) is 4.36. The smallest absolute Gasteiger partial charge is 0.126 e. The van der Waals surface area contributed by atoms with Gasteiger partial charge in [0.05, 0.1) is 6.10 Å². The number of aromatic hydroxyl groups is 1. The van der Waals surface area contributed by atoms with Crippen LogP contribution in [0.25, 0.3) is 0 Å². The van der Waals surface area contributed by atoms with Crippen molar-refractivity contribution in [1.29, 1.82) is 0 Å². The van der Waals surface area contributed by atoms with Crippen molar-refractivity contribution in [3.63, 3.8) is 0 Å². The van der Waals surface area contributed by atoms with Crippen molar-refractivity contribution in [2.45, 2.75) is 39.7 Å². The summed E-state index contributed by atoms with van der Waals surface area (Å²) in [6, 6.07) is 5.29. The van der Waals surface area contributed by atoms with Crippen molar-refractivity contribution in [2.75, 3.05) is 0 Å². The van der Waals surface area contributed by atoms with E-state index in [1.54, 1.807) is 12.1 Å². The number of benzene rings is 1. The molecule has 0 bridgehead atoms. The van der Waals surface area contributed by atoms with E-state index in [0.717, 1.165) is 11.3 Å². The molecule has 0 aliphatic rings. The van der Waals surface area contributed by atoms with Gasteiger partial charge >= 0.3 is 0 Å². The Morgan fingerprint density at radius 2 is 1.79 bits per heavy atom. The van der Waals surface area contributed by atoms with Crippen LogP contribution in [0.5, 0.6) is 11.5 Å². The first-order valence-electron chi connectivity index (χ1n) is 5.00. The van der Waals surface area contributed by atoms with E-state index >= 15 is 0 Å². The van der Waals surface area contributed by atoms with E-state index in [2.05, 4.69) is 13.8 Å². The van der Waals surface area contributed by atoms with E-state index in [4.69, 9.17) is 4.74 Å². The van der Waals surface area contributed by atoms with Gasteiger partial charge in [-0.05, 0) is 31.4 Å². The van der Waals surface area contributed by atoms with Crippen LogP contribution in [0.1, 0.15) is 39.2 Å². The zero-order chi connectivity index (χ0) is 10.7. The number of phenols is 1. The first-order valence-corrected chi connectivity index (χ1v) is 5.00. The van der Waals surface area contributed by atoms with Crippen LogP contribution in [0.4, 0.5) is 0 Å². The molecule has 0 spiro atoms. The molecule has 0 fully saturated rings. The van der Waals surface area contributed by atoms with Gasteiger partial charge in [-0.3, -0.25) is 0 Å². The summed E-state index contributed by atoms with van der Waals surface area (Å²) in [6.07, 6.45) is 0.134. The molecule has 2 nitrogen and oxygen atoms in total. The molecule has 0 aliphatic carbocycles. The second-order valence-corrected chi connectivity index (χ2v) is 4.04. The lowest BCUT2D eigenvalue weighted by Gasteiger charge is -2.16. The van der Waals surface area contributed by atoms with E-state index in [1.807, 2.05) is 19.9 Å². The van der Waals surface area contributed by atoms with Crippen LogP contribution in [0.15, 0.2) is 18.2 Å². The van der Waals surface area contributed by atoms with Crippen LogP contribution in [0.2, 0.25) is 0 Å². The van der Waals surface area contributed by atoms with Crippen molar-refractivity contribution < 1.29 is 9.84 Å². The van der Waals surface area contributed by atoms with E-state index in [-0.39, 0.29) is 11.9 Å². The van der Waals surface area contributed by atoms with Gasteiger partial charge in [-0.2, -0.15) is 0 Å². The molecule has 14 heavy (non-hydrogen) atoms. The highest BCUT2D eigenvalue weighted by atomic mass is 16.5. The minimum absolute atomic E-state index is 0.134. The maximum Gasteiger partial charge on any atom is 0.126 e. The minimum Gasteiger partial charge on any atom is -0.508 e. The van der Waals surface area contributed by atoms with E-state index < -0.39 is 0 Å².